The van der Waals surface area contributed by atoms with Crippen molar-refractivity contribution in [1.82, 2.24) is 0 Å². The first-order valence-corrected chi connectivity index (χ1v) is 4.70. The van der Waals surface area contributed by atoms with E-state index in [1.165, 1.54) is 14.2 Å². The van der Waals surface area contributed by atoms with Gasteiger partial charge in [-0.3, -0.25) is 0 Å². The van der Waals surface area contributed by atoms with Crippen molar-refractivity contribution in [2.75, 3.05) is 14.2 Å². The van der Waals surface area contributed by atoms with Crippen LogP contribution in [0.25, 0.3) is 0 Å². The van der Waals surface area contributed by atoms with Crippen LogP contribution in [0.3, 0.4) is 0 Å². The van der Waals surface area contributed by atoms with E-state index in [-0.39, 0.29) is 6.42 Å². The molecule has 16 heavy (non-hydrogen) atoms. The molecule has 1 aromatic carbocycles. The van der Waals surface area contributed by atoms with E-state index in [1.807, 2.05) is 0 Å². The van der Waals surface area contributed by atoms with E-state index in [2.05, 4.69) is 0 Å². The molecule has 1 atom stereocenters. The van der Waals surface area contributed by atoms with Gasteiger partial charge < -0.3 is 19.7 Å². The molecule has 5 heteroatoms. The maximum Gasteiger partial charge on any atom is 0.332 e. The summed E-state index contributed by atoms with van der Waals surface area (Å²) in [6.07, 6.45) is -1.46. The number of carboxylic acids is 1. The second-order valence-electron chi connectivity index (χ2n) is 3.24. The third-order valence-corrected chi connectivity index (χ3v) is 2.19. The van der Waals surface area contributed by atoms with Gasteiger partial charge in [-0.1, -0.05) is 0 Å². The standard InChI is InChI=1S/C11H14O5/c1-15-8-3-4-10(16-2)7(5-8)6-9(12)11(13)14/h3-5,9,12H,6H2,1-2H3,(H,13,14)/t9-/m0/s1. The molecule has 0 aliphatic carbocycles. The van der Waals surface area contributed by atoms with Crippen molar-refractivity contribution in [1.29, 1.82) is 0 Å². The van der Waals surface area contributed by atoms with Crippen molar-refractivity contribution in [3.63, 3.8) is 0 Å². The second-order valence-corrected chi connectivity index (χ2v) is 3.24. The number of hydrogen-bond donors (Lipinski definition) is 2. The molecule has 0 saturated carbocycles. The number of carbonyl (C=O) groups is 1. The quantitative estimate of drug-likeness (QED) is 0.772. The summed E-state index contributed by atoms with van der Waals surface area (Å²) in [5.41, 5.74) is 0.594. The van der Waals surface area contributed by atoms with Crippen molar-refractivity contribution >= 4 is 5.97 Å². The van der Waals surface area contributed by atoms with Crippen LogP contribution in [0, 0.1) is 0 Å². The topological polar surface area (TPSA) is 76.0 Å². The average molecular weight is 226 g/mol. The van der Waals surface area contributed by atoms with Crippen LogP contribution in [0.1, 0.15) is 5.56 Å². The van der Waals surface area contributed by atoms with Gasteiger partial charge in [0.05, 0.1) is 14.2 Å². The molecule has 0 aliphatic rings. The minimum absolute atomic E-state index is 0.0181. The molecule has 0 amide bonds. The summed E-state index contributed by atoms with van der Waals surface area (Å²) in [4.78, 5) is 10.5. The molecule has 0 aromatic heterocycles. The van der Waals surface area contributed by atoms with Crippen LogP contribution < -0.4 is 9.47 Å². The summed E-state index contributed by atoms with van der Waals surface area (Å²) >= 11 is 0. The van der Waals surface area contributed by atoms with E-state index < -0.39 is 12.1 Å². The summed E-state index contributed by atoms with van der Waals surface area (Å²) in [5.74, 6) is -0.139. The Morgan fingerprint density at radius 1 is 1.38 bits per heavy atom. The molecule has 0 heterocycles. The van der Waals surface area contributed by atoms with Crippen molar-refractivity contribution in [2.24, 2.45) is 0 Å². The van der Waals surface area contributed by atoms with E-state index >= 15 is 0 Å². The number of aliphatic hydroxyl groups excluding tert-OH is 1. The molecule has 2 N–H and O–H groups in total. The van der Waals surface area contributed by atoms with Crippen molar-refractivity contribution in [3.05, 3.63) is 23.8 Å². The number of methoxy groups -OCH3 is 2. The van der Waals surface area contributed by atoms with Gasteiger partial charge in [0.2, 0.25) is 0 Å². The van der Waals surface area contributed by atoms with Gasteiger partial charge in [-0.25, -0.2) is 4.79 Å². The maximum atomic E-state index is 10.5. The fourth-order valence-corrected chi connectivity index (χ4v) is 1.34. The first-order chi connectivity index (χ1) is 7.58. The Morgan fingerprint density at radius 2 is 2.06 bits per heavy atom. The summed E-state index contributed by atoms with van der Waals surface area (Å²) in [6.45, 7) is 0. The summed E-state index contributed by atoms with van der Waals surface area (Å²) in [7, 11) is 3.00. The van der Waals surface area contributed by atoms with E-state index in [4.69, 9.17) is 14.6 Å². The first-order valence-electron chi connectivity index (χ1n) is 4.70. The van der Waals surface area contributed by atoms with Crippen molar-refractivity contribution in [3.8, 4) is 11.5 Å². The summed E-state index contributed by atoms with van der Waals surface area (Å²) in [5, 5.41) is 17.9. The molecular weight excluding hydrogens is 212 g/mol. The lowest BCUT2D eigenvalue weighted by Gasteiger charge is -2.11. The van der Waals surface area contributed by atoms with Gasteiger partial charge in [0.15, 0.2) is 6.10 Å². The third-order valence-electron chi connectivity index (χ3n) is 2.19. The van der Waals surface area contributed by atoms with E-state index in [0.717, 1.165) is 0 Å². The number of aliphatic carboxylic acids is 1. The minimum atomic E-state index is -1.44. The molecular formula is C11H14O5. The van der Waals surface area contributed by atoms with E-state index in [0.29, 0.717) is 17.1 Å². The lowest BCUT2D eigenvalue weighted by atomic mass is 10.1. The highest BCUT2D eigenvalue weighted by molar-refractivity contribution is 5.72. The van der Waals surface area contributed by atoms with Crippen molar-refractivity contribution in [2.45, 2.75) is 12.5 Å². The molecule has 0 radical (unpaired) electrons. The van der Waals surface area contributed by atoms with Gasteiger partial charge in [0.1, 0.15) is 11.5 Å². The molecule has 0 bridgehead atoms. The lowest BCUT2D eigenvalue weighted by molar-refractivity contribution is -0.146. The Labute approximate surface area is 93.2 Å². The van der Waals surface area contributed by atoms with Gasteiger partial charge in [-0.15, -0.1) is 0 Å². The van der Waals surface area contributed by atoms with Gasteiger partial charge in [-0.2, -0.15) is 0 Å². The third kappa shape index (κ3) is 2.87. The average Bonchev–Trinajstić information content (AvgIpc) is 2.28. The van der Waals surface area contributed by atoms with Crippen LogP contribution in [0.5, 0.6) is 11.5 Å². The largest absolute Gasteiger partial charge is 0.497 e. The number of aliphatic hydroxyl groups is 1. The van der Waals surface area contributed by atoms with Gasteiger partial charge in [-0.05, 0) is 18.2 Å². The van der Waals surface area contributed by atoms with Crippen LogP contribution in [0.2, 0.25) is 0 Å². The van der Waals surface area contributed by atoms with Crippen LogP contribution >= 0.6 is 0 Å². The fourth-order valence-electron chi connectivity index (χ4n) is 1.34. The van der Waals surface area contributed by atoms with E-state index in [9.17, 15) is 9.90 Å². The van der Waals surface area contributed by atoms with Crippen LogP contribution in [0.15, 0.2) is 18.2 Å². The lowest BCUT2D eigenvalue weighted by Crippen LogP contribution is -2.22. The highest BCUT2D eigenvalue weighted by atomic mass is 16.5. The zero-order chi connectivity index (χ0) is 12.1. The molecule has 0 saturated heterocycles. The van der Waals surface area contributed by atoms with Crippen LogP contribution in [-0.4, -0.2) is 36.5 Å². The number of rotatable bonds is 5. The zero-order valence-corrected chi connectivity index (χ0v) is 9.14. The molecule has 88 valence electrons. The zero-order valence-electron chi connectivity index (χ0n) is 9.14. The number of benzene rings is 1. The fraction of sp³-hybridized carbons (Fsp3) is 0.364. The Bertz CT molecular complexity index is 375. The number of carboxylic acid groups (broad SMARTS) is 1. The predicted molar refractivity (Wildman–Crippen MR) is 56.9 cm³/mol. The Morgan fingerprint density at radius 3 is 2.56 bits per heavy atom. The van der Waals surface area contributed by atoms with Gasteiger partial charge in [0.25, 0.3) is 0 Å². The van der Waals surface area contributed by atoms with Crippen LogP contribution in [0.4, 0.5) is 0 Å². The Hall–Kier alpha value is -1.75. The predicted octanol–water partition coefficient (Wildman–Crippen LogP) is 0.692. The van der Waals surface area contributed by atoms with Crippen LogP contribution in [-0.2, 0) is 11.2 Å². The molecule has 0 spiro atoms. The Balaban J connectivity index is 2.95. The summed E-state index contributed by atoms with van der Waals surface area (Å²) in [6, 6.07) is 5.02. The number of hydrogen-bond acceptors (Lipinski definition) is 4. The van der Waals surface area contributed by atoms with Gasteiger partial charge in [0, 0.05) is 12.0 Å². The number of ether oxygens (including phenoxy) is 2. The molecule has 0 aliphatic heterocycles. The highest BCUT2D eigenvalue weighted by Crippen LogP contribution is 2.25. The first kappa shape index (κ1) is 12.3. The maximum absolute atomic E-state index is 10.5. The van der Waals surface area contributed by atoms with E-state index in [1.54, 1.807) is 18.2 Å². The normalized spacial score (nSPS) is 11.9. The monoisotopic (exact) mass is 226 g/mol. The summed E-state index contributed by atoms with van der Waals surface area (Å²) < 4.78 is 10.1. The minimum Gasteiger partial charge on any atom is -0.497 e. The molecule has 1 rings (SSSR count). The molecule has 0 unspecified atom stereocenters. The molecule has 1 aromatic rings. The highest BCUT2D eigenvalue weighted by Gasteiger charge is 2.16. The Kier molecular flexibility index (Phi) is 4.13. The van der Waals surface area contributed by atoms with Gasteiger partial charge >= 0.3 is 5.97 Å². The molecule has 5 nitrogen and oxygen atoms in total. The van der Waals surface area contributed by atoms with Crippen molar-refractivity contribution < 1.29 is 24.5 Å². The SMILES string of the molecule is COc1ccc(OC)c(C[C@H](O)C(=O)O)c1. The molecule has 0 fully saturated rings. The second kappa shape index (κ2) is 5.37. The smallest absolute Gasteiger partial charge is 0.332 e.